The summed E-state index contributed by atoms with van der Waals surface area (Å²) < 4.78 is 1.88. The van der Waals surface area contributed by atoms with Crippen molar-refractivity contribution in [1.29, 1.82) is 0 Å². The van der Waals surface area contributed by atoms with E-state index < -0.39 is 0 Å². The summed E-state index contributed by atoms with van der Waals surface area (Å²) in [7, 11) is 0. The zero-order chi connectivity index (χ0) is 10.6. The van der Waals surface area contributed by atoms with Crippen molar-refractivity contribution in [2.24, 2.45) is 5.73 Å². The molecule has 14 heavy (non-hydrogen) atoms. The Labute approximate surface area is 84.1 Å². The van der Waals surface area contributed by atoms with Gasteiger partial charge in [-0.3, -0.25) is 9.48 Å². The van der Waals surface area contributed by atoms with Gasteiger partial charge in [0.05, 0.1) is 5.69 Å². The van der Waals surface area contributed by atoms with E-state index in [1.807, 2.05) is 4.68 Å². The van der Waals surface area contributed by atoms with Crippen molar-refractivity contribution in [2.45, 2.75) is 39.7 Å². The lowest BCUT2D eigenvalue weighted by molar-refractivity contribution is -0.118. The van der Waals surface area contributed by atoms with E-state index in [1.54, 1.807) is 0 Å². The lowest BCUT2D eigenvalue weighted by Gasteiger charge is -2.02. The largest absolute Gasteiger partial charge is 0.370 e. The van der Waals surface area contributed by atoms with Crippen molar-refractivity contribution in [1.82, 2.24) is 9.78 Å². The highest BCUT2D eigenvalue weighted by Crippen LogP contribution is 2.06. The van der Waals surface area contributed by atoms with Gasteiger partial charge in [-0.1, -0.05) is 13.8 Å². The number of amides is 1. The zero-order valence-corrected chi connectivity index (χ0v) is 8.79. The number of carbonyl (C=O) groups excluding carboxylic acids is 1. The molecule has 2 N–H and O–H groups in total. The van der Waals surface area contributed by atoms with E-state index in [2.05, 4.69) is 25.0 Å². The van der Waals surface area contributed by atoms with Crippen LogP contribution >= 0.6 is 0 Å². The van der Waals surface area contributed by atoms with Gasteiger partial charge in [-0.05, 0) is 18.9 Å². The van der Waals surface area contributed by atoms with Crippen molar-refractivity contribution >= 4 is 5.91 Å². The molecule has 0 atom stereocenters. The smallest absolute Gasteiger partial charge is 0.219 e. The molecule has 0 aliphatic carbocycles. The van der Waals surface area contributed by atoms with E-state index in [0.717, 1.165) is 18.5 Å². The van der Waals surface area contributed by atoms with Crippen LogP contribution in [0.25, 0.3) is 0 Å². The van der Waals surface area contributed by atoms with Gasteiger partial charge in [0.25, 0.3) is 0 Å². The second-order valence-corrected chi connectivity index (χ2v) is 3.27. The fourth-order valence-corrected chi connectivity index (χ4v) is 1.38. The molecule has 0 radical (unpaired) electrons. The molecule has 0 bridgehead atoms. The van der Waals surface area contributed by atoms with Gasteiger partial charge in [-0.2, -0.15) is 5.10 Å². The maximum absolute atomic E-state index is 10.6. The zero-order valence-electron chi connectivity index (χ0n) is 8.79. The third-order valence-electron chi connectivity index (χ3n) is 2.21. The number of carbonyl (C=O) groups is 1. The molecule has 0 aliphatic rings. The number of aryl methyl sites for hydroxylation is 3. The predicted molar refractivity (Wildman–Crippen MR) is 54.8 cm³/mol. The number of nitrogens with two attached hydrogens (primary N) is 1. The van der Waals surface area contributed by atoms with Crippen molar-refractivity contribution in [3.05, 3.63) is 17.5 Å². The Morgan fingerprint density at radius 1 is 1.50 bits per heavy atom. The van der Waals surface area contributed by atoms with Crippen molar-refractivity contribution in [2.75, 3.05) is 0 Å². The summed E-state index contributed by atoms with van der Waals surface area (Å²) in [6, 6.07) is 2.08. The fraction of sp³-hybridized carbons (Fsp3) is 0.600. The minimum Gasteiger partial charge on any atom is -0.370 e. The van der Waals surface area contributed by atoms with E-state index in [4.69, 9.17) is 5.73 Å². The third-order valence-corrected chi connectivity index (χ3v) is 2.21. The van der Waals surface area contributed by atoms with Gasteiger partial charge in [0.2, 0.25) is 5.91 Å². The number of hydrogen-bond donors (Lipinski definition) is 1. The molecule has 1 heterocycles. The molecular formula is C10H17N3O. The number of rotatable bonds is 5. The van der Waals surface area contributed by atoms with Gasteiger partial charge < -0.3 is 5.73 Å². The number of aromatic nitrogens is 2. The number of hydrogen-bond acceptors (Lipinski definition) is 2. The van der Waals surface area contributed by atoms with E-state index in [-0.39, 0.29) is 5.91 Å². The third kappa shape index (κ3) is 2.58. The van der Waals surface area contributed by atoms with Crippen LogP contribution in [0, 0.1) is 0 Å². The molecule has 0 fully saturated rings. The van der Waals surface area contributed by atoms with Crippen LogP contribution in [0.1, 0.15) is 31.7 Å². The van der Waals surface area contributed by atoms with Crippen LogP contribution in [0.4, 0.5) is 0 Å². The Balaban J connectivity index is 2.73. The summed E-state index contributed by atoms with van der Waals surface area (Å²) in [5.41, 5.74) is 7.34. The SMILES string of the molecule is CCc1cc(CC)n(CCC(N)=O)n1. The Morgan fingerprint density at radius 3 is 2.71 bits per heavy atom. The first-order valence-electron chi connectivity index (χ1n) is 5.01. The molecule has 1 aromatic rings. The van der Waals surface area contributed by atoms with E-state index in [1.165, 1.54) is 5.69 Å². The first-order chi connectivity index (χ1) is 6.67. The Bertz CT molecular complexity index is 317. The molecule has 1 aromatic heterocycles. The highest BCUT2D eigenvalue weighted by atomic mass is 16.1. The monoisotopic (exact) mass is 195 g/mol. The predicted octanol–water partition coefficient (Wildman–Crippen LogP) is 0.883. The summed E-state index contributed by atoms with van der Waals surface area (Å²) in [6.07, 6.45) is 2.22. The fourth-order valence-electron chi connectivity index (χ4n) is 1.38. The molecule has 0 saturated heterocycles. The quantitative estimate of drug-likeness (QED) is 0.758. The van der Waals surface area contributed by atoms with Crippen LogP contribution < -0.4 is 5.73 Å². The van der Waals surface area contributed by atoms with Gasteiger partial charge in [-0.15, -0.1) is 0 Å². The maximum Gasteiger partial charge on any atom is 0.219 e. The van der Waals surface area contributed by atoms with Crippen LogP contribution in [-0.2, 0) is 24.2 Å². The van der Waals surface area contributed by atoms with Crippen molar-refractivity contribution in [3.63, 3.8) is 0 Å². The molecule has 0 saturated carbocycles. The molecule has 1 amide bonds. The van der Waals surface area contributed by atoms with Gasteiger partial charge in [0.1, 0.15) is 0 Å². The minimum atomic E-state index is -0.277. The van der Waals surface area contributed by atoms with Crippen LogP contribution in [0.2, 0.25) is 0 Å². The Morgan fingerprint density at radius 2 is 2.21 bits per heavy atom. The van der Waals surface area contributed by atoms with Gasteiger partial charge >= 0.3 is 0 Å². The Hall–Kier alpha value is -1.32. The summed E-state index contributed by atoms with van der Waals surface area (Å²) >= 11 is 0. The van der Waals surface area contributed by atoms with Crippen LogP contribution in [0.5, 0.6) is 0 Å². The standard InChI is InChI=1S/C10H17N3O/c1-3-8-7-9(4-2)13(12-8)6-5-10(11)14/h7H,3-6H2,1-2H3,(H2,11,14). The van der Waals surface area contributed by atoms with Gasteiger partial charge in [0, 0.05) is 18.7 Å². The van der Waals surface area contributed by atoms with Gasteiger partial charge in [-0.25, -0.2) is 0 Å². The first-order valence-corrected chi connectivity index (χ1v) is 5.01. The van der Waals surface area contributed by atoms with Crippen molar-refractivity contribution < 1.29 is 4.79 Å². The molecule has 0 aliphatic heterocycles. The maximum atomic E-state index is 10.6. The number of primary amides is 1. The topological polar surface area (TPSA) is 60.9 Å². The summed E-state index contributed by atoms with van der Waals surface area (Å²) in [4.78, 5) is 10.6. The average Bonchev–Trinajstić information content (AvgIpc) is 2.57. The van der Waals surface area contributed by atoms with E-state index >= 15 is 0 Å². The average molecular weight is 195 g/mol. The second-order valence-electron chi connectivity index (χ2n) is 3.27. The van der Waals surface area contributed by atoms with Crippen LogP contribution in [-0.4, -0.2) is 15.7 Å². The normalized spacial score (nSPS) is 10.4. The van der Waals surface area contributed by atoms with E-state index in [9.17, 15) is 4.79 Å². The molecule has 4 nitrogen and oxygen atoms in total. The summed E-state index contributed by atoms with van der Waals surface area (Å²) in [5.74, 6) is -0.277. The van der Waals surface area contributed by atoms with Crippen LogP contribution in [0.3, 0.4) is 0 Å². The molecule has 4 heteroatoms. The highest BCUT2D eigenvalue weighted by Gasteiger charge is 2.05. The molecule has 78 valence electrons. The van der Waals surface area contributed by atoms with Crippen molar-refractivity contribution in [3.8, 4) is 0 Å². The molecule has 0 aromatic carbocycles. The summed E-state index contributed by atoms with van der Waals surface area (Å²) in [5, 5.41) is 4.38. The van der Waals surface area contributed by atoms with Crippen LogP contribution in [0.15, 0.2) is 6.07 Å². The lowest BCUT2D eigenvalue weighted by Crippen LogP contribution is -2.15. The Kier molecular flexibility index (Phi) is 3.68. The first kappa shape index (κ1) is 10.8. The molecular weight excluding hydrogens is 178 g/mol. The second kappa shape index (κ2) is 4.79. The minimum absolute atomic E-state index is 0.277. The van der Waals surface area contributed by atoms with E-state index in [0.29, 0.717) is 13.0 Å². The highest BCUT2D eigenvalue weighted by molar-refractivity contribution is 5.73. The summed E-state index contributed by atoms with van der Waals surface area (Å²) in [6.45, 7) is 4.75. The number of nitrogens with zero attached hydrogens (tertiary/aromatic N) is 2. The molecule has 1 rings (SSSR count). The van der Waals surface area contributed by atoms with Gasteiger partial charge in [0.15, 0.2) is 0 Å². The molecule has 0 unspecified atom stereocenters. The lowest BCUT2D eigenvalue weighted by atomic mass is 10.2. The molecule has 0 spiro atoms.